The highest BCUT2D eigenvalue weighted by Crippen LogP contribution is 2.27. The summed E-state index contributed by atoms with van der Waals surface area (Å²) in [6.45, 7) is 0.740. The molecule has 0 bridgehead atoms. The number of rotatable bonds is 6. The summed E-state index contributed by atoms with van der Waals surface area (Å²) in [7, 11) is 1.90. The van der Waals surface area contributed by atoms with Crippen molar-refractivity contribution in [1.82, 2.24) is 5.32 Å². The Morgan fingerprint density at radius 1 is 1.10 bits per heavy atom. The highest BCUT2D eigenvalue weighted by molar-refractivity contribution is 5.34. The molecule has 0 amide bonds. The lowest BCUT2D eigenvalue weighted by atomic mass is 10.1. The van der Waals surface area contributed by atoms with Gasteiger partial charge < -0.3 is 10.1 Å². The van der Waals surface area contributed by atoms with Crippen LogP contribution in [0.3, 0.4) is 0 Å². The fourth-order valence-electron chi connectivity index (χ4n) is 2.09. The summed E-state index contributed by atoms with van der Waals surface area (Å²) in [5, 5.41) is 12.1. The van der Waals surface area contributed by atoms with Gasteiger partial charge in [0, 0.05) is 12.1 Å². The first kappa shape index (κ1) is 14.1. The number of hydrogen-bond donors (Lipinski definition) is 1. The van der Waals surface area contributed by atoms with Gasteiger partial charge in [-0.05, 0) is 18.7 Å². The number of ether oxygens (including phenoxy) is 1. The van der Waals surface area contributed by atoms with Gasteiger partial charge in [-0.2, -0.15) is 5.26 Å². The average Bonchev–Trinajstić information content (AvgIpc) is 2.50. The summed E-state index contributed by atoms with van der Waals surface area (Å²) in [6, 6.07) is 20.0. The minimum absolute atomic E-state index is 0.237. The first-order chi connectivity index (χ1) is 9.85. The van der Waals surface area contributed by atoms with Gasteiger partial charge >= 0.3 is 0 Å². The van der Waals surface area contributed by atoms with Crippen molar-refractivity contribution in [2.75, 3.05) is 7.05 Å². The van der Waals surface area contributed by atoms with Crippen LogP contribution in [0.4, 0.5) is 0 Å². The second kappa shape index (κ2) is 7.32. The molecule has 2 rings (SSSR count). The normalized spacial score (nSPS) is 11.6. The molecule has 3 nitrogen and oxygen atoms in total. The van der Waals surface area contributed by atoms with Gasteiger partial charge in [0.05, 0.1) is 12.5 Å². The van der Waals surface area contributed by atoms with Crippen LogP contribution in [-0.2, 0) is 6.54 Å². The fraction of sp³-hybridized carbons (Fsp3) is 0.235. The van der Waals surface area contributed by atoms with E-state index in [2.05, 4.69) is 11.4 Å². The summed E-state index contributed by atoms with van der Waals surface area (Å²) in [4.78, 5) is 0. The Morgan fingerprint density at radius 2 is 1.80 bits per heavy atom. The van der Waals surface area contributed by atoms with E-state index in [4.69, 9.17) is 10.00 Å². The van der Waals surface area contributed by atoms with Crippen LogP contribution < -0.4 is 10.1 Å². The first-order valence-corrected chi connectivity index (χ1v) is 6.66. The molecule has 0 radical (unpaired) electrons. The number of nitrogens with one attached hydrogen (secondary N) is 1. The Labute approximate surface area is 119 Å². The molecule has 0 saturated carbocycles. The third-order valence-electron chi connectivity index (χ3n) is 3.06. The number of nitriles is 1. The van der Waals surface area contributed by atoms with E-state index < -0.39 is 0 Å². The zero-order valence-electron chi connectivity index (χ0n) is 11.5. The number of para-hydroxylation sites is 1. The molecule has 2 aromatic rings. The lowest BCUT2D eigenvalue weighted by molar-refractivity contribution is 0.209. The van der Waals surface area contributed by atoms with Gasteiger partial charge in [-0.15, -0.1) is 0 Å². The third-order valence-corrected chi connectivity index (χ3v) is 3.06. The van der Waals surface area contributed by atoms with Crippen molar-refractivity contribution in [3.05, 3.63) is 65.7 Å². The quantitative estimate of drug-likeness (QED) is 0.871. The summed E-state index contributed by atoms with van der Waals surface area (Å²) < 4.78 is 6.06. The zero-order valence-corrected chi connectivity index (χ0v) is 11.5. The Bertz CT molecular complexity index is 575. The van der Waals surface area contributed by atoms with E-state index in [0.717, 1.165) is 23.4 Å². The molecule has 0 heterocycles. The third kappa shape index (κ3) is 3.59. The second-order valence-corrected chi connectivity index (χ2v) is 4.52. The Morgan fingerprint density at radius 3 is 2.50 bits per heavy atom. The SMILES string of the molecule is CNCc1ccccc1OC(CC#N)c1ccccc1. The molecule has 3 heteroatoms. The van der Waals surface area contributed by atoms with Crippen molar-refractivity contribution in [2.24, 2.45) is 0 Å². The van der Waals surface area contributed by atoms with E-state index >= 15 is 0 Å². The van der Waals surface area contributed by atoms with Crippen molar-refractivity contribution in [3.8, 4) is 11.8 Å². The maximum atomic E-state index is 9.01. The van der Waals surface area contributed by atoms with Crippen LogP contribution in [0, 0.1) is 11.3 Å². The molecule has 0 fully saturated rings. The largest absolute Gasteiger partial charge is 0.484 e. The van der Waals surface area contributed by atoms with Crippen LogP contribution in [0.5, 0.6) is 5.75 Å². The van der Waals surface area contributed by atoms with E-state index in [9.17, 15) is 0 Å². The molecular weight excluding hydrogens is 248 g/mol. The fourth-order valence-corrected chi connectivity index (χ4v) is 2.09. The summed E-state index contributed by atoms with van der Waals surface area (Å²) >= 11 is 0. The van der Waals surface area contributed by atoms with Crippen molar-refractivity contribution >= 4 is 0 Å². The molecule has 20 heavy (non-hydrogen) atoms. The lowest BCUT2D eigenvalue weighted by Crippen LogP contribution is -2.11. The number of hydrogen-bond acceptors (Lipinski definition) is 3. The zero-order chi connectivity index (χ0) is 14.2. The van der Waals surface area contributed by atoms with Crippen molar-refractivity contribution < 1.29 is 4.74 Å². The van der Waals surface area contributed by atoms with Crippen molar-refractivity contribution in [2.45, 2.75) is 19.1 Å². The van der Waals surface area contributed by atoms with Gasteiger partial charge in [-0.25, -0.2) is 0 Å². The van der Waals surface area contributed by atoms with Crippen LogP contribution in [0.25, 0.3) is 0 Å². The van der Waals surface area contributed by atoms with Gasteiger partial charge in [0.2, 0.25) is 0 Å². The molecule has 0 saturated heterocycles. The minimum atomic E-state index is -0.237. The molecule has 1 unspecified atom stereocenters. The maximum Gasteiger partial charge on any atom is 0.137 e. The molecule has 0 aliphatic carbocycles. The minimum Gasteiger partial charge on any atom is -0.484 e. The van der Waals surface area contributed by atoms with Gasteiger partial charge in [0.1, 0.15) is 11.9 Å². The number of nitrogens with zero attached hydrogens (tertiary/aromatic N) is 1. The van der Waals surface area contributed by atoms with E-state index in [0.29, 0.717) is 6.42 Å². The Balaban J connectivity index is 2.23. The van der Waals surface area contributed by atoms with Crippen LogP contribution in [0.1, 0.15) is 23.7 Å². The summed E-state index contributed by atoms with van der Waals surface area (Å²) in [5.74, 6) is 0.825. The molecule has 1 N–H and O–H groups in total. The smallest absolute Gasteiger partial charge is 0.137 e. The van der Waals surface area contributed by atoms with E-state index in [1.807, 2.05) is 61.6 Å². The second-order valence-electron chi connectivity index (χ2n) is 4.52. The van der Waals surface area contributed by atoms with Crippen LogP contribution in [0.2, 0.25) is 0 Å². The van der Waals surface area contributed by atoms with E-state index in [1.165, 1.54) is 0 Å². The number of benzene rings is 2. The highest BCUT2D eigenvalue weighted by Gasteiger charge is 2.14. The molecular formula is C17H18N2O. The molecule has 0 aliphatic rings. The van der Waals surface area contributed by atoms with Crippen LogP contribution >= 0.6 is 0 Å². The molecule has 0 aliphatic heterocycles. The van der Waals surface area contributed by atoms with Gasteiger partial charge in [-0.1, -0.05) is 48.5 Å². The predicted molar refractivity (Wildman–Crippen MR) is 79.2 cm³/mol. The van der Waals surface area contributed by atoms with Crippen LogP contribution in [0.15, 0.2) is 54.6 Å². The maximum absolute atomic E-state index is 9.01. The van der Waals surface area contributed by atoms with Gasteiger partial charge in [0.15, 0.2) is 0 Å². The molecule has 1 atom stereocenters. The van der Waals surface area contributed by atoms with Crippen LogP contribution in [-0.4, -0.2) is 7.05 Å². The van der Waals surface area contributed by atoms with E-state index in [-0.39, 0.29) is 6.10 Å². The van der Waals surface area contributed by atoms with Gasteiger partial charge in [0.25, 0.3) is 0 Å². The lowest BCUT2D eigenvalue weighted by Gasteiger charge is -2.19. The first-order valence-electron chi connectivity index (χ1n) is 6.66. The van der Waals surface area contributed by atoms with Crippen molar-refractivity contribution in [3.63, 3.8) is 0 Å². The standard InChI is InChI=1S/C17H18N2O/c1-19-13-15-9-5-6-10-16(15)20-17(11-12-18)14-7-3-2-4-8-14/h2-10,17,19H,11,13H2,1H3. The monoisotopic (exact) mass is 266 g/mol. The van der Waals surface area contributed by atoms with Crippen molar-refractivity contribution in [1.29, 1.82) is 5.26 Å². The Kier molecular flexibility index (Phi) is 5.16. The topological polar surface area (TPSA) is 45.0 Å². The average molecular weight is 266 g/mol. The Hall–Kier alpha value is -2.31. The molecule has 0 spiro atoms. The van der Waals surface area contributed by atoms with Gasteiger partial charge in [-0.3, -0.25) is 0 Å². The summed E-state index contributed by atoms with van der Waals surface area (Å²) in [6.07, 6.45) is 0.0944. The highest BCUT2D eigenvalue weighted by atomic mass is 16.5. The summed E-state index contributed by atoms with van der Waals surface area (Å²) in [5.41, 5.74) is 2.11. The molecule has 102 valence electrons. The van der Waals surface area contributed by atoms with E-state index in [1.54, 1.807) is 0 Å². The predicted octanol–water partition coefficient (Wildman–Crippen LogP) is 3.44. The molecule has 0 aromatic heterocycles. The molecule has 2 aromatic carbocycles.